The van der Waals surface area contributed by atoms with Gasteiger partial charge in [-0.2, -0.15) is 0 Å². The van der Waals surface area contributed by atoms with E-state index in [1.54, 1.807) is 0 Å². The van der Waals surface area contributed by atoms with Gasteiger partial charge in [-0.15, -0.1) is 5.10 Å². The molecule has 0 saturated carbocycles. The van der Waals surface area contributed by atoms with Crippen LogP contribution in [0.25, 0.3) is 0 Å². The molecular weight excluding hydrogens is 291 g/mol. The van der Waals surface area contributed by atoms with Gasteiger partial charge < -0.3 is 14.4 Å². The maximum atomic E-state index is 11.4. The number of hydrogen-bond acceptors (Lipinski definition) is 8. The van der Waals surface area contributed by atoms with Crippen LogP contribution in [0.15, 0.2) is 4.79 Å². The van der Waals surface area contributed by atoms with Crippen molar-refractivity contribution < 1.29 is 14.4 Å². The van der Waals surface area contributed by atoms with Gasteiger partial charge in [-0.25, -0.2) is 4.68 Å². The largest absolute Gasteiger partial charge is 0.472 e. The molecule has 0 amide bonds. The summed E-state index contributed by atoms with van der Waals surface area (Å²) in [4.78, 5) is 11.2. The van der Waals surface area contributed by atoms with Crippen LogP contribution in [-0.4, -0.2) is 35.5 Å². The lowest BCUT2D eigenvalue weighted by molar-refractivity contribution is 0.347. The van der Waals surface area contributed by atoms with Gasteiger partial charge in [0.25, 0.3) is 5.19 Å². The van der Waals surface area contributed by atoms with Crippen molar-refractivity contribution in [3.8, 4) is 5.19 Å². The molecule has 0 spiro atoms. The third-order valence-electron chi connectivity index (χ3n) is 1.59. The van der Waals surface area contributed by atoms with E-state index in [1.807, 2.05) is 0 Å². The molecule has 6 nitrogen and oxygen atoms in total. The van der Waals surface area contributed by atoms with Crippen molar-refractivity contribution >= 4 is 40.0 Å². The van der Waals surface area contributed by atoms with Crippen LogP contribution in [0.2, 0.25) is 0 Å². The van der Waals surface area contributed by atoms with Crippen molar-refractivity contribution in [1.82, 2.24) is 9.78 Å². The Hall–Kier alpha value is 0.0800. The highest BCUT2D eigenvalue weighted by atomic mass is 32.9. The van der Waals surface area contributed by atoms with Crippen LogP contribution in [0.1, 0.15) is 0 Å². The second kappa shape index (κ2) is 6.13. The van der Waals surface area contributed by atoms with Crippen molar-refractivity contribution in [3.05, 3.63) is 9.67 Å². The second-order valence-corrected chi connectivity index (χ2v) is 10.8. The van der Waals surface area contributed by atoms with Crippen LogP contribution < -0.4 is 9.61 Å². The van der Waals surface area contributed by atoms with E-state index in [1.165, 1.54) is 30.3 Å². The van der Waals surface area contributed by atoms with Crippen molar-refractivity contribution in [1.29, 1.82) is 0 Å². The molecule has 1 atom stereocenters. The summed E-state index contributed by atoms with van der Waals surface area (Å²) >= 11 is 7.25. The first-order chi connectivity index (χ1) is 7.54. The minimum absolute atomic E-state index is 0.209. The van der Waals surface area contributed by atoms with Crippen LogP contribution in [0.4, 0.5) is 0 Å². The second-order valence-electron chi connectivity index (χ2n) is 2.53. The van der Waals surface area contributed by atoms with Gasteiger partial charge in [0.05, 0.1) is 13.0 Å². The van der Waals surface area contributed by atoms with Gasteiger partial charge in [0.1, 0.15) is 11.8 Å². The lowest BCUT2D eigenvalue weighted by Crippen LogP contribution is -2.13. The molecule has 0 bridgehead atoms. The molecule has 0 aliphatic carbocycles. The standard InChI is InChI=1S/C6H11N2O4PS3/c1-11-5-7-8(6(10)16-5)3-15-13(14,4-9)12-2/h9H,3-4H2,1-2H3. The van der Waals surface area contributed by atoms with Crippen molar-refractivity contribution in [2.45, 2.75) is 5.88 Å². The van der Waals surface area contributed by atoms with Crippen LogP contribution >= 0.6 is 28.2 Å². The quantitative estimate of drug-likeness (QED) is 0.783. The third-order valence-corrected chi connectivity index (χ3v) is 8.12. The highest BCUT2D eigenvalue weighted by Gasteiger charge is 2.17. The van der Waals surface area contributed by atoms with Crippen LogP contribution in [0, 0.1) is 0 Å². The van der Waals surface area contributed by atoms with E-state index in [-0.39, 0.29) is 17.1 Å². The van der Waals surface area contributed by atoms with E-state index in [0.717, 1.165) is 11.3 Å². The fourth-order valence-corrected chi connectivity index (χ4v) is 4.01. The highest BCUT2D eigenvalue weighted by Crippen LogP contribution is 2.58. The first kappa shape index (κ1) is 14.1. The average molecular weight is 302 g/mol. The molecule has 1 unspecified atom stereocenters. The molecule has 1 rings (SSSR count). The molecule has 0 radical (unpaired) electrons. The predicted octanol–water partition coefficient (Wildman–Crippen LogP) is 0.910. The minimum Gasteiger partial charge on any atom is -0.472 e. The number of rotatable bonds is 6. The van der Waals surface area contributed by atoms with E-state index >= 15 is 0 Å². The Morgan fingerprint density at radius 1 is 1.69 bits per heavy atom. The number of nitrogens with zero attached hydrogens (tertiary/aromatic N) is 2. The third kappa shape index (κ3) is 3.54. The highest BCUT2D eigenvalue weighted by molar-refractivity contribution is 8.69. The fraction of sp³-hybridized carbons (Fsp3) is 0.667. The van der Waals surface area contributed by atoms with Gasteiger partial charge in [-0.3, -0.25) is 4.79 Å². The van der Waals surface area contributed by atoms with E-state index in [9.17, 15) is 4.79 Å². The zero-order chi connectivity index (χ0) is 12.2. The molecule has 0 aromatic carbocycles. The van der Waals surface area contributed by atoms with Crippen LogP contribution in [0.5, 0.6) is 5.19 Å². The summed E-state index contributed by atoms with van der Waals surface area (Å²) in [6, 6.07) is 0. The summed E-state index contributed by atoms with van der Waals surface area (Å²) in [5.74, 6) is 0.254. The van der Waals surface area contributed by atoms with Crippen molar-refractivity contribution in [2.75, 3.05) is 20.6 Å². The Kier molecular flexibility index (Phi) is 5.42. The topological polar surface area (TPSA) is 73.6 Å². The Morgan fingerprint density at radius 2 is 2.38 bits per heavy atom. The molecule has 1 heterocycles. The smallest absolute Gasteiger partial charge is 0.329 e. The normalized spacial score (nSPS) is 14.7. The maximum Gasteiger partial charge on any atom is 0.329 e. The van der Waals surface area contributed by atoms with Gasteiger partial charge in [-0.1, -0.05) is 23.2 Å². The molecular formula is C6H11N2O4PS3. The predicted molar refractivity (Wildman–Crippen MR) is 68.9 cm³/mol. The lowest BCUT2D eigenvalue weighted by Gasteiger charge is -2.15. The Balaban J connectivity index is 2.71. The summed E-state index contributed by atoms with van der Waals surface area (Å²) in [5.41, 5.74) is -2.30. The number of hydrogen-bond donors (Lipinski definition) is 1. The van der Waals surface area contributed by atoms with Gasteiger partial charge in [0.2, 0.25) is 0 Å². The van der Waals surface area contributed by atoms with E-state index in [0.29, 0.717) is 5.19 Å². The van der Waals surface area contributed by atoms with Crippen LogP contribution in [-0.2, 0) is 22.2 Å². The molecule has 1 N–H and O–H groups in total. The van der Waals surface area contributed by atoms with Gasteiger partial charge >= 0.3 is 4.87 Å². The molecule has 0 saturated heterocycles. The summed E-state index contributed by atoms with van der Waals surface area (Å²) in [6.45, 7) is 0. The molecule has 92 valence electrons. The zero-order valence-corrected chi connectivity index (χ0v) is 12.0. The summed E-state index contributed by atoms with van der Waals surface area (Å²) in [6.07, 6.45) is -0.209. The first-order valence-corrected chi connectivity index (χ1v) is 9.38. The summed E-state index contributed by atoms with van der Waals surface area (Å²) < 4.78 is 11.1. The molecule has 0 aliphatic rings. The first-order valence-electron chi connectivity index (χ1n) is 4.07. The van der Waals surface area contributed by atoms with Gasteiger partial charge in [-0.05, 0) is 11.3 Å². The van der Waals surface area contributed by atoms with Gasteiger partial charge in [0, 0.05) is 7.11 Å². The number of aliphatic hydroxyl groups is 1. The maximum absolute atomic E-state index is 11.4. The fourth-order valence-electron chi connectivity index (χ4n) is 0.745. The Morgan fingerprint density at radius 3 is 2.81 bits per heavy atom. The Labute approximate surface area is 105 Å². The van der Waals surface area contributed by atoms with E-state index < -0.39 is 5.47 Å². The van der Waals surface area contributed by atoms with Crippen molar-refractivity contribution in [3.63, 3.8) is 0 Å². The number of aliphatic hydroxyl groups excluding tert-OH is 1. The van der Waals surface area contributed by atoms with E-state index in [4.69, 9.17) is 26.2 Å². The molecule has 16 heavy (non-hydrogen) atoms. The Bertz CT molecular complexity index is 437. The monoisotopic (exact) mass is 302 g/mol. The number of aromatic nitrogens is 2. The van der Waals surface area contributed by atoms with Gasteiger partial charge in [0.15, 0.2) is 0 Å². The molecule has 1 aromatic rings. The minimum atomic E-state index is -2.30. The number of ether oxygens (including phenoxy) is 1. The molecule has 1 aromatic heterocycles. The van der Waals surface area contributed by atoms with Crippen LogP contribution in [0.3, 0.4) is 0 Å². The van der Waals surface area contributed by atoms with Crippen molar-refractivity contribution in [2.24, 2.45) is 0 Å². The van der Waals surface area contributed by atoms with E-state index in [2.05, 4.69) is 5.10 Å². The lowest BCUT2D eigenvalue weighted by atomic mass is 11.2. The summed E-state index contributed by atoms with van der Waals surface area (Å²) in [7, 11) is 2.90. The molecule has 0 aliphatic heterocycles. The summed E-state index contributed by atoms with van der Waals surface area (Å²) in [5, 5.41) is 13.3. The average Bonchev–Trinajstić information content (AvgIpc) is 2.67. The zero-order valence-electron chi connectivity index (χ0n) is 8.65. The SMILES string of the molecule is COc1nn(CSP(=S)(CO)OC)c(=O)s1. The molecule has 0 fully saturated rings. The number of methoxy groups -OCH3 is 1. The molecule has 10 heteroatoms.